The van der Waals surface area contributed by atoms with Crippen LogP contribution >= 0.6 is 55.1 Å². The molecule has 2 aromatic rings. The first-order valence-electron chi connectivity index (χ1n) is 18.0. The van der Waals surface area contributed by atoms with Gasteiger partial charge in [-0.25, -0.2) is 0 Å². The Labute approximate surface area is 319 Å². The second-order valence-electron chi connectivity index (χ2n) is 15.0. The number of nitrogens with one attached hydrogen (secondary N) is 2. The number of carbonyl (C=O) groups excluding carboxylic acids is 2. The number of hydrogen-bond donors (Lipinski definition) is 2. The van der Waals surface area contributed by atoms with E-state index in [1.54, 1.807) is 0 Å². The Morgan fingerprint density at radius 3 is 1.24 bits per heavy atom. The average Bonchev–Trinajstić information content (AvgIpc) is 3.13. The summed E-state index contributed by atoms with van der Waals surface area (Å²) in [5, 5.41) is 7.60. The topological polar surface area (TPSA) is 76.7 Å². The number of benzene rings is 2. The van der Waals surface area contributed by atoms with Crippen molar-refractivity contribution in [1.82, 2.24) is 10.6 Å². The van der Waals surface area contributed by atoms with Gasteiger partial charge >= 0.3 is 7.69 Å². The quantitative estimate of drug-likeness (QED) is 0.100. The average molecular weight is 838 g/mol. The number of hydrogen-bond acceptors (Lipinski definition) is 4. The maximum atomic E-state index is 13.3. The molecular weight excluding hydrogens is 790 g/mol. The van der Waals surface area contributed by atoms with E-state index < -0.39 is 12.5 Å². The van der Waals surface area contributed by atoms with Crippen molar-refractivity contribution >= 4 is 74.6 Å². The lowest BCUT2D eigenvalue weighted by Gasteiger charge is -2.51. The molecule has 6 aliphatic carbocycles. The summed E-state index contributed by atoms with van der Waals surface area (Å²) in [5.41, 5.74) is 4.19. The molecule has 2 amide bonds. The monoisotopic (exact) mass is 835 g/mol. The second kappa shape index (κ2) is 16.3. The van der Waals surface area contributed by atoms with Gasteiger partial charge < -0.3 is 19.9 Å². The molecule has 6 saturated carbocycles. The van der Waals surface area contributed by atoms with E-state index in [4.69, 9.17) is 32.5 Å². The third-order valence-electron chi connectivity index (χ3n) is 12.1. The molecule has 1 radical (unpaired) electrons. The van der Waals surface area contributed by atoms with Gasteiger partial charge in [0.1, 0.15) is 12.5 Å². The van der Waals surface area contributed by atoms with E-state index in [0.717, 1.165) is 101 Å². The van der Waals surface area contributed by atoms with E-state index >= 15 is 0 Å². The summed E-state index contributed by atoms with van der Waals surface area (Å²) in [6.07, 6.45) is 14.7. The molecule has 11 heteroatoms. The van der Waals surface area contributed by atoms with Crippen LogP contribution in [-0.2, 0) is 20.1 Å². The third kappa shape index (κ3) is 8.93. The lowest BCUT2D eigenvalue weighted by Crippen LogP contribution is -2.45. The summed E-state index contributed by atoms with van der Waals surface area (Å²) in [6.45, 7) is 0. The molecule has 6 aliphatic rings. The van der Waals surface area contributed by atoms with E-state index in [1.807, 2.05) is 24.3 Å². The molecule has 0 saturated heterocycles. The van der Waals surface area contributed by atoms with Gasteiger partial charge in [0.2, 0.25) is 0 Å². The van der Waals surface area contributed by atoms with Crippen molar-refractivity contribution < 1.29 is 18.9 Å². The third-order valence-corrected chi connectivity index (χ3v) is 14.3. The van der Waals surface area contributed by atoms with Crippen molar-refractivity contribution in [2.45, 2.75) is 136 Å². The van der Waals surface area contributed by atoms with Crippen molar-refractivity contribution in [3.8, 4) is 0 Å². The summed E-state index contributed by atoms with van der Waals surface area (Å²) in [5.74, 6) is -0.390. The van der Waals surface area contributed by atoms with Gasteiger partial charge in [0.25, 0.3) is 11.8 Å². The number of halogens is 4. The van der Waals surface area contributed by atoms with Crippen LogP contribution in [0.25, 0.3) is 0 Å². The molecule has 2 unspecified atom stereocenters. The Bertz CT molecular complexity index is 1290. The molecule has 4 bridgehead atoms. The highest BCUT2D eigenvalue weighted by atomic mass is 79.9. The fraction of sp³-hybridized carbons (Fsp3) is 0.632. The SMILES string of the molecule is O=C(NC(CCCBr)O[B]OC(CCCBr)NC(=O)c1ccc(C23CCC(Cl)(CC2)CC3)cc1)c1ccc(C23CCC(Cl)(CC2)CC3)cc1. The zero-order chi connectivity index (χ0) is 34.5. The van der Waals surface area contributed by atoms with Crippen LogP contribution in [0.4, 0.5) is 0 Å². The first kappa shape index (κ1) is 37.7. The Kier molecular flexibility index (Phi) is 12.5. The molecule has 265 valence electrons. The van der Waals surface area contributed by atoms with E-state index in [2.05, 4.69) is 66.8 Å². The normalized spacial score (nSPS) is 30.0. The van der Waals surface area contributed by atoms with E-state index in [0.29, 0.717) is 24.0 Å². The highest BCUT2D eigenvalue weighted by Gasteiger charge is 2.49. The molecule has 8 rings (SSSR count). The summed E-state index contributed by atoms with van der Waals surface area (Å²) >= 11 is 20.5. The zero-order valence-corrected chi connectivity index (χ0v) is 32.9. The largest absolute Gasteiger partial charge is 0.491 e. The summed E-state index contributed by atoms with van der Waals surface area (Å²) < 4.78 is 11.9. The minimum absolute atomic E-state index is 0.00160. The highest BCUT2D eigenvalue weighted by molar-refractivity contribution is 9.09. The molecular formula is C38H48BBr2Cl2N2O4. The molecule has 2 N–H and O–H groups in total. The van der Waals surface area contributed by atoms with E-state index in [-0.39, 0.29) is 32.4 Å². The van der Waals surface area contributed by atoms with Crippen LogP contribution in [0.5, 0.6) is 0 Å². The maximum absolute atomic E-state index is 13.3. The van der Waals surface area contributed by atoms with Gasteiger partial charge in [-0.05, 0) is 149 Å². The van der Waals surface area contributed by atoms with Crippen molar-refractivity contribution in [3.63, 3.8) is 0 Å². The maximum Gasteiger partial charge on any atom is 0.491 e. The lowest BCUT2D eigenvalue weighted by molar-refractivity contribution is 0.0607. The van der Waals surface area contributed by atoms with Crippen LogP contribution < -0.4 is 10.6 Å². The van der Waals surface area contributed by atoms with Gasteiger partial charge in [-0.15, -0.1) is 23.2 Å². The molecule has 0 aromatic heterocycles. The number of alkyl halides is 4. The standard InChI is InChI=1S/C38H48BBr2Cl2N2O4/c40-25-1-3-31(44-33(46)27-5-9-29(10-6-27)35-13-19-37(42,20-14-35)21-15-35)48-39-49-32(4-2-26-41)45-34(47)28-7-11-30(12-8-28)36-16-22-38(43,23-17-36)24-18-36/h5-12,31-32H,1-4,13-26H2,(H,44,46)(H,45,47). The van der Waals surface area contributed by atoms with E-state index in [1.165, 1.54) is 18.8 Å². The Hall–Kier alpha value is -1.10. The van der Waals surface area contributed by atoms with Crippen LogP contribution in [0, 0.1) is 0 Å². The number of carbonyl (C=O) groups is 2. The summed E-state index contributed by atoms with van der Waals surface area (Å²) in [7, 11) is 1.26. The molecule has 0 heterocycles. The first-order valence-corrected chi connectivity index (χ1v) is 21.0. The van der Waals surface area contributed by atoms with Crippen LogP contribution in [0.3, 0.4) is 0 Å². The lowest BCUT2D eigenvalue weighted by atomic mass is 9.57. The second-order valence-corrected chi connectivity index (χ2v) is 18.2. The van der Waals surface area contributed by atoms with Crippen LogP contribution in [0.15, 0.2) is 48.5 Å². The zero-order valence-electron chi connectivity index (χ0n) is 28.2. The van der Waals surface area contributed by atoms with Gasteiger partial charge in [0.05, 0.1) is 0 Å². The Morgan fingerprint density at radius 1 is 0.612 bits per heavy atom. The molecule has 0 spiro atoms. The van der Waals surface area contributed by atoms with Crippen molar-refractivity contribution in [2.24, 2.45) is 0 Å². The van der Waals surface area contributed by atoms with Gasteiger partial charge in [-0.2, -0.15) is 0 Å². The highest BCUT2D eigenvalue weighted by Crippen LogP contribution is 2.57. The molecule has 49 heavy (non-hydrogen) atoms. The van der Waals surface area contributed by atoms with E-state index in [9.17, 15) is 9.59 Å². The fourth-order valence-electron chi connectivity index (χ4n) is 8.59. The smallest absolute Gasteiger partial charge is 0.393 e. The van der Waals surface area contributed by atoms with Crippen molar-refractivity contribution in [2.75, 3.05) is 10.7 Å². The van der Waals surface area contributed by atoms with Crippen LogP contribution in [0.1, 0.15) is 135 Å². The predicted molar refractivity (Wildman–Crippen MR) is 205 cm³/mol. The molecule has 6 fully saturated rings. The molecule has 2 aromatic carbocycles. The first-order chi connectivity index (χ1) is 23.6. The van der Waals surface area contributed by atoms with Gasteiger partial charge in [0.15, 0.2) is 0 Å². The van der Waals surface area contributed by atoms with Crippen LogP contribution in [0.2, 0.25) is 0 Å². The minimum atomic E-state index is -0.583. The van der Waals surface area contributed by atoms with Crippen molar-refractivity contribution in [1.29, 1.82) is 0 Å². The molecule has 0 aliphatic heterocycles. The Balaban J connectivity index is 1.01. The number of fused-ring (bicyclic) bond motifs is 6. The fourth-order valence-corrected chi connectivity index (χ4v) is 9.81. The summed E-state index contributed by atoms with van der Waals surface area (Å²) in [4.78, 5) is 26.6. The van der Waals surface area contributed by atoms with Gasteiger partial charge in [-0.1, -0.05) is 56.1 Å². The van der Waals surface area contributed by atoms with Crippen LogP contribution in [-0.4, -0.2) is 52.4 Å². The minimum Gasteiger partial charge on any atom is -0.393 e. The molecule has 6 nitrogen and oxygen atoms in total. The van der Waals surface area contributed by atoms with Gasteiger partial charge in [-0.3, -0.25) is 9.59 Å². The predicted octanol–water partition coefficient (Wildman–Crippen LogP) is 9.58. The molecule has 2 atom stereocenters. The van der Waals surface area contributed by atoms with Gasteiger partial charge in [0, 0.05) is 31.5 Å². The number of amides is 2. The summed E-state index contributed by atoms with van der Waals surface area (Å²) in [6, 6.07) is 16.1. The Morgan fingerprint density at radius 2 is 0.939 bits per heavy atom. The number of rotatable bonds is 16. The van der Waals surface area contributed by atoms with Crippen molar-refractivity contribution in [3.05, 3.63) is 70.8 Å².